The summed E-state index contributed by atoms with van der Waals surface area (Å²) in [5, 5.41) is 5.35. The molecule has 4 rings (SSSR count). The van der Waals surface area contributed by atoms with E-state index in [9.17, 15) is 0 Å². The molecule has 0 aliphatic heterocycles. The summed E-state index contributed by atoms with van der Waals surface area (Å²) in [5.74, 6) is 1.40. The average Bonchev–Trinajstić information content (AvgIpc) is 3.12. The first-order chi connectivity index (χ1) is 12.9. The highest BCUT2D eigenvalue weighted by atomic mass is 16.5. The number of nitrogens with zero attached hydrogens (tertiary/aromatic N) is 3. The van der Waals surface area contributed by atoms with Gasteiger partial charge in [0, 0.05) is 29.7 Å². The Kier molecular flexibility index (Phi) is 4.66. The highest BCUT2D eigenvalue weighted by Crippen LogP contribution is 2.28. The van der Waals surface area contributed by atoms with Gasteiger partial charge in [0.05, 0.1) is 11.6 Å². The molecule has 0 amide bonds. The summed E-state index contributed by atoms with van der Waals surface area (Å²) in [6.45, 7) is 0.520. The van der Waals surface area contributed by atoms with Gasteiger partial charge >= 0.3 is 5.95 Å². The molecule has 0 spiro atoms. The van der Waals surface area contributed by atoms with Gasteiger partial charge in [-0.05, 0) is 23.8 Å². The van der Waals surface area contributed by atoms with Crippen LogP contribution in [0.3, 0.4) is 0 Å². The van der Waals surface area contributed by atoms with E-state index in [0.29, 0.717) is 12.6 Å². The fraction of sp³-hybridized carbons (Fsp3) is 0.0500. The van der Waals surface area contributed by atoms with Gasteiger partial charge in [-0.2, -0.15) is 15.4 Å². The Morgan fingerprint density at radius 3 is 2.69 bits per heavy atom. The first-order valence-electron chi connectivity index (χ1n) is 8.30. The van der Waals surface area contributed by atoms with E-state index < -0.39 is 0 Å². The van der Waals surface area contributed by atoms with Crippen molar-refractivity contribution in [1.82, 2.24) is 15.0 Å². The summed E-state index contributed by atoms with van der Waals surface area (Å²) >= 11 is 0. The van der Waals surface area contributed by atoms with Crippen molar-refractivity contribution in [1.29, 1.82) is 0 Å². The van der Waals surface area contributed by atoms with E-state index in [1.807, 2.05) is 42.6 Å². The molecule has 4 aromatic rings. The Labute approximate surface area is 150 Å². The smallest absolute Gasteiger partial charge is 0.352 e. The van der Waals surface area contributed by atoms with E-state index in [-0.39, 0.29) is 0 Å². The standard InChI is InChI=1S/C20H17N5O/c1-2-6-15(7-3-1)14-26-18-9-4-8-17-19(18)16(12-23-17)13-24-25-20-21-10-5-11-22-20/h1-13,23H,14H2,(H,21,22,25)/p+1/b24-13+. The lowest BCUT2D eigenvalue weighted by Crippen LogP contribution is -2.72. The Bertz CT molecular complexity index is 1010. The van der Waals surface area contributed by atoms with Crippen molar-refractivity contribution in [2.45, 2.75) is 6.61 Å². The van der Waals surface area contributed by atoms with E-state index in [1.165, 1.54) is 0 Å². The fourth-order valence-corrected chi connectivity index (χ4v) is 2.70. The molecule has 0 aliphatic carbocycles. The summed E-state index contributed by atoms with van der Waals surface area (Å²) in [5.41, 5.74) is 4.72. The maximum absolute atomic E-state index is 6.05. The van der Waals surface area contributed by atoms with Crippen LogP contribution in [0, 0.1) is 0 Å². The van der Waals surface area contributed by atoms with Crippen molar-refractivity contribution in [3.8, 4) is 5.75 Å². The van der Waals surface area contributed by atoms with E-state index in [4.69, 9.17) is 4.74 Å². The average molecular weight is 344 g/mol. The van der Waals surface area contributed by atoms with Crippen LogP contribution in [0.1, 0.15) is 11.1 Å². The summed E-state index contributed by atoms with van der Waals surface area (Å²) in [6, 6.07) is 17.9. The van der Waals surface area contributed by atoms with Crippen LogP contribution in [-0.4, -0.2) is 21.2 Å². The molecule has 2 aromatic heterocycles. The number of quaternary nitrogens is 1. The molecule has 2 aromatic carbocycles. The van der Waals surface area contributed by atoms with Crippen LogP contribution in [0.4, 0.5) is 5.95 Å². The lowest BCUT2D eigenvalue weighted by atomic mass is 10.1. The lowest BCUT2D eigenvalue weighted by Gasteiger charge is -2.08. The monoisotopic (exact) mass is 344 g/mol. The first kappa shape index (κ1) is 16.0. The fourth-order valence-electron chi connectivity index (χ4n) is 2.70. The van der Waals surface area contributed by atoms with Gasteiger partial charge in [0.2, 0.25) is 0 Å². The minimum absolute atomic E-state index is 0.520. The maximum atomic E-state index is 6.05. The Morgan fingerprint density at radius 1 is 1.00 bits per heavy atom. The van der Waals surface area contributed by atoms with Crippen LogP contribution >= 0.6 is 0 Å². The lowest BCUT2D eigenvalue weighted by molar-refractivity contribution is -0.584. The second-order valence-electron chi connectivity index (χ2n) is 5.71. The van der Waals surface area contributed by atoms with Crippen molar-refractivity contribution in [3.05, 3.63) is 84.3 Å². The molecule has 0 fully saturated rings. The minimum Gasteiger partial charge on any atom is -0.488 e. The van der Waals surface area contributed by atoms with Gasteiger partial charge in [-0.25, -0.2) is 0 Å². The molecular formula is C20H18N5O+. The van der Waals surface area contributed by atoms with Gasteiger partial charge in [0.25, 0.3) is 0 Å². The van der Waals surface area contributed by atoms with Crippen molar-refractivity contribution < 1.29 is 10.2 Å². The van der Waals surface area contributed by atoms with Crippen LogP contribution in [-0.2, 0) is 6.61 Å². The van der Waals surface area contributed by atoms with Gasteiger partial charge in [-0.3, -0.25) is 0 Å². The van der Waals surface area contributed by atoms with E-state index in [2.05, 4.69) is 32.2 Å². The second kappa shape index (κ2) is 7.58. The SMILES string of the molecule is C(=N\[NH2+]c1ncccn1)/c1c[nH]c2cccc(OCc3ccccc3)c12. The molecule has 0 saturated carbocycles. The van der Waals surface area contributed by atoms with Crippen LogP contribution in [0.15, 0.2) is 78.3 Å². The number of hydrogen-bond donors (Lipinski definition) is 2. The van der Waals surface area contributed by atoms with Crippen LogP contribution in [0.25, 0.3) is 10.9 Å². The number of aromatic amines is 1. The van der Waals surface area contributed by atoms with Gasteiger partial charge in [-0.1, -0.05) is 41.5 Å². The number of aromatic nitrogens is 3. The number of fused-ring (bicyclic) bond motifs is 1. The summed E-state index contributed by atoms with van der Waals surface area (Å²) in [6.07, 6.45) is 7.08. The number of benzene rings is 2. The molecule has 6 nitrogen and oxygen atoms in total. The molecule has 0 unspecified atom stereocenters. The molecule has 0 saturated heterocycles. The summed E-state index contributed by atoms with van der Waals surface area (Å²) in [4.78, 5) is 11.5. The topological polar surface area (TPSA) is 79.8 Å². The zero-order chi connectivity index (χ0) is 17.6. The number of nitrogens with two attached hydrogens (primary N) is 1. The molecule has 26 heavy (non-hydrogen) atoms. The Hall–Kier alpha value is -3.51. The number of rotatable bonds is 6. The quantitative estimate of drug-likeness (QED) is 0.321. The highest BCUT2D eigenvalue weighted by molar-refractivity contribution is 6.02. The van der Waals surface area contributed by atoms with E-state index in [1.54, 1.807) is 30.1 Å². The molecule has 3 N–H and O–H groups in total. The number of H-pyrrole nitrogens is 1. The van der Waals surface area contributed by atoms with Crippen molar-refractivity contribution in [3.63, 3.8) is 0 Å². The van der Waals surface area contributed by atoms with Crippen LogP contribution < -0.4 is 10.2 Å². The molecule has 2 heterocycles. The number of nitrogens with one attached hydrogen (secondary N) is 1. The van der Waals surface area contributed by atoms with Gasteiger partial charge in [-0.15, -0.1) is 0 Å². The molecule has 0 radical (unpaired) electrons. The molecule has 0 bridgehead atoms. The third kappa shape index (κ3) is 3.60. The van der Waals surface area contributed by atoms with Gasteiger partial charge in [0.1, 0.15) is 12.4 Å². The maximum Gasteiger partial charge on any atom is 0.352 e. The third-order valence-electron chi connectivity index (χ3n) is 3.92. The molecule has 0 atom stereocenters. The normalized spacial score (nSPS) is 11.2. The van der Waals surface area contributed by atoms with Crippen molar-refractivity contribution in [2.75, 3.05) is 0 Å². The zero-order valence-corrected chi connectivity index (χ0v) is 14.0. The molecule has 128 valence electrons. The van der Waals surface area contributed by atoms with Crippen molar-refractivity contribution >= 4 is 23.1 Å². The minimum atomic E-state index is 0.520. The van der Waals surface area contributed by atoms with E-state index >= 15 is 0 Å². The van der Waals surface area contributed by atoms with Crippen LogP contribution in [0.2, 0.25) is 0 Å². The van der Waals surface area contributed by atoms with Gasteiger partial charge < -0.3 is 9.72 Å². The highest BCUT2D eigenvalue weighted by Gasteiger charge is 2.09. The molecule has 0 aliphatic rings. The Morgan fingerprint density at radius 2 is 1.85 bits per heavy atom. The third-order valence-corrected chi connectivity index (χ3v) is 3.92. The van der Waals surface area contributed by atoms with Crippen molar-refractivity contribution in [2.24, 2.45) is 5.10 Å². The number of ether oxygens (including phenoxy) is 1. The summed E-state index contributed by atoms with van der Waals surface area (Å²) < 4.78 is 6.05. The largest absolute Gasteiger partial charge is 0.488 e. The Balaban J connectivity index is 1.56. The number of hydrogen-bond acceptors (Lipinski definition) is 4. The first-order valence-corrected chi connectivity index (χ1v) is 8.30. The predicted molar refractivity (Wildman–Crippen MR) is 100 cm³/mol. The zero-order valence-electron chi connectivity index (χ0n) is 14.0. The second-order valence-corrected chi connectivity index (χ2v) is 5.71. The molecular weight excluding hydrogens is 326 g/mol. The molecule has 6 heteroatoms. The van der Waals surface area contributed by atoms with Gasteiger partial charge in [0.15, 0.2) is 0 Å². The summed E-state index contributed by atoms with van der Waals surface area (Å²) in [7, 11) is 0. The van der Waals surface area contributed by atoms with Crippen LogP contribution in [0.5, 0.6) is 5.75 Å². The van der Waals surface area contributed by atoms with E-state index in [0.717, 1.165) is 27.8 Å². The predicted octanol–water partition coefficient (Wildman–Crippen LogP) is 2.77.